The Morgan fingerprint density at radius 2 is 1.54 bits per heavy atom. The van der Waals surface area contributed by atoms with Crippen molar-refractivity contribution in [3.05, 3.63) is 75.6 Å². The molecule has 0 heterocycles. The number of carbonyl (C=O) groups is 2. The first-order valence-electron chi connectivity index (χ1n) is 7.04. The molecule has 0 bridgehead atoms. The van der Waals surface area contributed by atoms with Crippen LogP contribution in [0.1, 0.15) is 20.7 Å². The van der Waals surface area contributed by atoms with Gasteiger partial charge in [-0.05, 0) is 30.3 Å². The predicted molar refractivity (Wildman–Crippen MR) is 84.2 cm³/mol. The summed E-state index contributed by atoms with van der Waals surface area (Å²) < 4.78 is 12.8. The zero-order valence-corrected chi connectivity index (χ0v) is 12.5. The van der Waals surface area contributed by atoms with Crippen molar-refractivity contribution in [3.63, 3.8) is 0 Å². The van der Waals surface area contributed by atoms with Gasteiger partial charge < -0.3 is 10.6 Å². The maximum Gasteiger partial charge on any atom is 0.282 e. The van der Waals surface area contributed by atoms with Crippen molar-refractivity contribution in [2.45, 2.75) is 0 Å². The number of halogens is 1. The van der Waals surface area contributed by atoms with Gasteiger partial charge in [-0.15, -0.1) is 0 Å². The van der Waals surface area contributed by atoms with Crippen LogP contribution >= 0.6 is 0 Å². The number of para-hydroxylation sites is 1. The molecular formula is C16H14FN3O4. The summed E-state index contributed by atoms with van der Waals surface area (Å²) in [5.41, 5.74) is -0.0425. The van der Waals surface area contributed by atoms with E-state index in [0.717, 1.165) is 0 Å². The van der Waals surface area contributed by atoms with E-state index in [9.17, 15) is 24.1 Å². The lowest BCUT2D eigenvalue weighted by Crippen LogP contribution is -2.34. The number of nitrogens with zero attached hydrogens (tertiary/aromatic N) is 1. The average Bonchev–Trinajstić information content (AvgIpc) is 2.58. The van der Waals surface area contributed by atoms with Crippen molar-refractivity contribution in [1.82, 2.24) is 10.6 Å². The molecule has 0 fully saturated rings. The van der Waals surface area contributed by atoms with Crippen LogP contribution in [0.25, 0.3) is 0 Å². The average molecular weight is 331 g/mol. The summed E-state index contributed by atoms with van der Waals surface area (Å²) in [6.07, 6.45) is 0. The van der Waals surface area contributed by atoms with Gasteiger partial charge in [0.05, 0.1) is 4.92 Å². The standard InChI is InChI=1S/C16H14FN3O4/c17-12-7-5-11(6-8-12)15(21)18-9-10-19-16(22)13-3-1-2-4-14(13)20(23)24/h1-8H,9-10H2,(H,18,21)(H,19,22). The molecule has 124 valence electrons. The maximum absolute atomic E-state index is 12.8. The highest BCUT2D eigenvalue weighted by molar-refractivity contribution is 5.98. The van der Waals surface area contributed by atoms with Crippen LogP contribution in [0, 0.1) is 15.9 Å². The Morgan fingerprint density at radius 3 is 2.17 bits per heavy atom. The monoisotopic (exact) mass is 331 g/mol. The van der Waals surface area contributed by atoms with E-state index in [0.29, 0.717) is 5.56 Å². The van der Waals surface area contributed by atoms with Gasteiger partial charge in [0.2, 0.25) is 0 Å². The molecule has 0 saturated carbocycles. The molecule has 0 aliphatic carbocycles. The molecule has 0 aromatic heterocycles. The van der Waals surface area contributed by atoms with Crippen LogP contribution in [0.3, 0.4) is 0 Å². The molecule has 0 aliphatic rings. The quantitative estimate of drug-likeness (QED) is 0.479. The van der Waals surface area contributed by atoms with E-state index in [2.05, 4.69) is 10.6 Å². The van der Waals surface area contributed by atoms with Gasteiger partial charge in [0.1, 0.15) is 11.4 Å². The second-order valence-electron chi connectivity index (χ2n) is 4.79. The molecule has 0 unspecified atom stereocenters. The summed E-state index contributed by atoms with van der Waals surface area (Å²) in [6.45, 7) is 0.223. The number of benzene rings is 2. The van der Waals surface area contributed by atoms with E-state index < -0.39 is 22.6 Å². The van der Waals surface area contributed by atoms with Crippen molar-refractivity contribution in [2.75, 3.05) is 13.1 Å². The summed E-state index contributed by atoms with van der Waals surface area (Å²) in [4.78, 5) is 34.0. The van der Waals surface area contributed by atoms with Gasteiger partial charge in [0.15, 0.2) is 0 Å². The van der Waals surface area contributed by atoms with Crippen LogP contribution in [0.15, 0.2) is 48.5 Å². The highest BCUT2D eigenvalue weighted by Crippen LogP contribution is 2.17. The van der Waals surface area contributed by atoms with Crippen molar-refractivity contribution in [3.8, 4) is 0 Å². The summed E-state index contributed by atoms with van der Waals surface area (Å²) in [5.74, 6) is -1.45. The fourth-order valence-corrected chi connectivity index (χ4v) is 1.98. The number of hydrogen-bond acceptors (Lipinski definition) is 4. The van der Waals surface area contributed by atoms with E-state index >= 15 is 0 Å². The summed E-state index contributed by atoms with van der Waals surface area (Å²) >= 11 is 0. The van der Waals surface area contributed by atoms with E-state index in [-0.39, 0.29) is 24.3 Å². The van der Waals surface area contributed by atoms with E-state index in [1.165, 1.54) is 48.5 Å². The van der Waals surface area contributed by atoms with E-state index in [1.54, 1.807) is 0 Å². The van der Waals surface area contributed by atoms with Gasteiger partial charge in [0, 0.05) is 24.7 Å². The Balaban J connectivity index is 1.84. The Hall–Kier alpha value is -3.29. The highest BCUT2D eigenvalue weighted by Gasteiger charge is 2.18. The van der Waals surface area contributed by atoms with Crippen molar-refractivity contribution < 1.29 is 18.9 Å². The first kappa shape index (κ1) is 17.1. The molecule has 0 radical (unpaired) electrons. The Morgan fingerprint density at radius 1 is 0.958 bits per heavy atom. The molecule has 0 spiro atoms. The normalized spacial score (nSPS) is 10.0. The predicted octanol–water partition coefficient (Wildman–Crippen LogP) is 1.89. The number of nitrogens with one attached hydrogen (secondary N) is 2. The third kappa shape index (κ3) is 4.35. The fraction of sp³-hybridized carbons (Fsp3) is 0.125. The molecule has 0 aliphatic heterocycles. The van der Waals surface area contributed by atoms with E-state index in [1.807, 2.05) is 0 Å². The van der Waals surface area contributed by atoms with Gasteiger partial charge in [-0.2, -0.15) is 0 Å². The molecule has 0 saturated heterocycles. The minimum Gasteiger partial charge on any atom is -0.350 e. The van der Waals surface area contributed by atoms with Gasteiger partial charge in [0.25, 0.3) is 17.5 Å². The number of hydrogen-bond donors (Lipinski definition) is 2. The minimum atomic E-state index is -0.634. The zero-order chi connectivity index (χ0) is 17.5. The summed E-state index contributed by atoms with van der Waals surface area (Å²) in [6, 6.07) is 10.6. The van der Waals surface area contributed by atoms with Gasteiger partial charge in [-0.25, -0.2) is 4.39 Å². The SMILES string of the molecule is O=C(NCCNC(=O)c1ccccc1[N+](=O)[O-])c1ccc(F)cc1. The van der Waals surface area contributed by atoms with Crippen molar-refractivity contribution >= 4 is 17.5 Å². The topological polar surface area (TPSA) is 101 Å². The fourth-order valence-electron chi connectivity index (χ4n) is 1.98. The summed E-state index contributed by atoms with van der Waals surface area (Å²) in [5, 5.41) is 15.9. The molecule has 24 heavy (non-hydrogen) atoms. The Kier molecular flexibility index (Phi) is 5.56. The molecular weight excluding hydrogens is 317 g/mol. The molecule has 2 amide bonds. The largest absolute Gasteiger partial charge is 0.350 e. The van der Waals surface area contributed by atoms with E-state index in [4.69, 9.17) is 0 Å². The second kappa shape index (κ2) is 7.82. The Bertz CT molecular complexity index is 762. The van der Waals surface area contributed by atoms with Gasteiger partial charge >= 0.3 is 0 Å². The molecule has 7 nitrogen and oxygen atoms in total. The van der Waals surface area contributed by atoms with Crippen LogP contribution in [0.2, 0.25) is 0 Å². The molecule has 2 aromatic carbocycles. The number of amides is 2. The first-order valence-corrected chi connectivity index (χ1v) is 7.04. The lowest BCUT2D eigenvalue weighted by atomic mass is 10.1. The minimum absolute atomic E-state index is 0.0487. The lowest BCUT2D eigenvalue weighted by molar-refractivity contribution is -0.385. The van der Waals surface area contributed by atoms with Gasteiger partial charge in [-0.3, -0.25) is 19.7 Å². The number of nitro benzene ring substituents is 1. The Labute approximate surface area is 136 Å². The van der Waals surface area contributed by atoms with Crippen LogP contribution in [-0.4, -0.2) is 29.8 Å². The van der Waals surface area contributed by atoms with Crippen LogP contribution in [-0.2, 0) is 0 Å². The lowest BCUT2D eigenvalue weighted by Gasteiger charge is -2.07. The van der Waals surface area contributed by atoms with Crippen LogP contribution in [0.4, 0.5) is 10.1 Å². The molecule has 2 aromatic rings. The summed E-state index contributed by atoms with van der Waals surface area (Å²) in [7, 11) is 0. The van der Waals surface area contributed by atoms with Gasteiger partial charge in [-0.1, -0.05) is 12.1 Å². The highest BCUT2D eigenvalue weighted by atomic mass is 19.1. The molecule has 2 rings (SSSR count). The first-order chi connectivity index (χ1) is 11.5. The van der Waals surface area contributed by atoms with Crippen molar-refractivity contribution in [1.29, 1.82) is 0 Å². The second-order valence-corrected chi connectivity index (χ2v) is 4.79. The third-order valence-electron chi connectivity index (χ3n) is 3.15. The molecule has 8 heteroatoms. The van der Waals surface area contributed by atoms with Crippen LogP contribution in [0.5, 0.6) is 0 Å². The number of rotatable bonds is 6. The zero-order valence-electron chi connectivity index (χ0n) is 12.5. The molecule has 0 atom stereocenters. The van der Waals surface area contributed by atoms with Crippen LogP contribution < -0.4 is 10.6 Å². The number of nitro groups is 1. The maximum atomic E-state index is 12.8. The van der Waals surface area contributed by atoms with Crippen molar-refractivity contribution in [2.24, 2.45) is 0 Å². The smallest absolute Gasteiger partial charge is 0.282 e. The molecule has 2 N–H and O–H groups in total. The third-order valence-corrected chi connectivity index (χ3v) is 3.15. The number of carbonyl (C=O) groups excluding carboxylic acids is 2.